The van der Waals surface area contributed by atoms with Crippen LogP contribution in [0.5, 0.6) is 0 Å². The third kappa shape index (κ3) is 7.03. The van der Waals surface area contributed by atoms with Gasteiger partial charge in [0.05, 0.1) is 11.5 Å². The molecule has 2 N–H and O–H groups in total. The summed E-state index contributed by atoms with van der Waals surface area (Å²) < 4.78 is 38.1. The number of carbonyl (C=O) groups is 1. The fraction of sp³-hybridized carbons (Fsp3) is 0.588. The summed E-state index contributed by atoms with van der Waals surface area (Å²) >= 11 is 0. The lowest BCUT2D eigenvalue weighted by Crippen LogP contribution is -2.36. The van der Waals surface area contributed by atoms with Gasteiger partial charge in [-0.2, -0.15) is 13.2 Å². The molecular weight excluding hydrogens is 307 g/mol. The first kappa shape index (κ1) is 19.5. The minimum Gasteiger partial charge on any atom is -0.481 e. The number of hydrogen-bond acceptors (Lipinski definition) is 2. The third-order valence-electron chi connectivity index (χ3n) is 3.61. The highest BCUT2D eigenvalue weighted by atomic mass is 19.4. The molecule has 0 aliphatic heterocycles. The van der Waals surface area contributed by atoms with Crippen LogP contribution in [0.1, 0.15) is 38.3 Å². The summed E-state index contributed by atoms with van der Waals surface area (Å²) in [6.45, 7) is 6.08. The summed E-state index contributed by atoms with van der Waals surface area (Å²) in [6.07, 6.45) is -3.37. The average Bonchev–Trinajstić information content (AvgIpc) is 2.42. The highest BCUT2D eigenvalue weighted by molar-refractivity contribution is 5.70. The van der Waals surface area contributed by atoms with Gasteiger partial charge in [-0.15, -0.1) is 0 Å². The van der Waals surface area contributed by atoms with E-state index in [4.69, 9.17) is 0 Å². The number of halogens is 3. The van der Waals surface area contributed by atoms with E-state index in [0.717, 1.165) is 12.1 Å². The smallest absolute Gasteiger partial charge is 0.416 e. The predicted molar refractivity (Wildman–Crippen MR) is 83.2 cm³/mol. The minimum atomic E-state index is -4.35. The summed E-state index contributed by atoms with van der Waals surface area (Å²) in [5.41, 5.74) is -0.0824. The molecule has 0 spiro atoms. The average molecular weight is 331 g/mol. The van der Waals surface area contributed by atoms with Gasteiger partial charge in [0.1, 0.15) is 0 Å². The van der Waals surface area contributed by atoms with Crippen molar-refractivity contribution in [2.75, 3.05) is 6.54 Å². The van der Waals surface area contributed by atoms with Crippen LogP contribution in [0.2, 0.25) is 0 Å². The van der Waals surface area contributed by atoms with Crippen LogP contribution in [0.25, 0.3) is 0 Å². The molecule has 1 rings (SSSR count). The summed E-state index contributed by atoms with van der Waals surface area (Å²) in [7, 11) is 0. The van der Waals surface area contributed by atoms with Crippen LogP contribution in [-0.2, 0) is 17.4 Å². The summed E-state index contributed by atoms with van der Waals surface area (Å²) in [5, 5.41) is 12.3. The van der Waals surface area contributed by atoms with Gasteiger partial charge in [-0.1, -0.05) is 32.0 Å². The Hall–Kier alpha value is -1.56. The molecule has 23 heavy (non-hydrogen) atoms. The van der Waals surface area contributed by atoms with Gasteiger partial charge in [-0.05, 0) is 37.3 Å². The number of nitrogens with one attached hydrogen (secondary N) is 1. The van der Waals surface area contributed by atoms with Crippen molar-refractivity contribution in [1.82, 2.24) is 5.32 Å². The molecule has 0 aromatic heterocycles. The van der Waals surface area contributed by atoms with E-state index in [0.29, 0.717) is 24.9 Å². The molecule has 0 heterocycles. The van der Waals surface area contributed by atoms with E-state index in [1.54, 1.807) is 6.07 Å². The van der Waals surface area contributed by atoms with E-state index < -0.39 is 23.6 Å². The second kappa shape index (κ2) is 8.34. The first-order valence-electron chi connectivity index (χ1n) is 7.72. The van der Waals surface area contributed by atoms with E-state index in [9.17, 15) is 23.1 Å². The Morgan fingerprint density at radius 2 is 1.91 bits per heavy atom. The van der Waals surface area contributed by atoms with Gasteiger partial charge < -0.3 is 10.4 Å². The Bertz CT molecular complexity index is 515. The second-order valence-corrected chi connectivity index (χ2v) is 6.38. The Labute approximate surface area is 134 Å². The Balaban J connectivity index is 2.59. The van der Waals surface area contributed by atoms with Crippen molar-refractivity contribution in [3.05, 3.63) is 35.4 Å². The van der Waals surface area contributed by atoms with Crippen molar-refractivity contribution >= 4 is 5.97 Å². The van der Waals surface area contributed by atoms with Crippen LogP contribution >= 0.6 is 0 Å². The van der Waals surface area contributed by atoms with Crippen LogP contribution < -0.4 is 5.32 Å². The monoisotopic (exact) mass is 331 g/mol. The van der Waals surface area contributed by atoms with Crippen LogP contribution in [0.15, 0.2) is 24.3 Å². The molecule has 0 radical (unpaired) electrons. The maximum Gasteiger partial charge on any atom is 0.416 e. The summed E-state index contributed by atoms with van der Waals surface area (Å²) in [6, 6.07) is 5.12. The van der Waals surface area contributed by atoms with E-state index in [1.165, 1.54) is 6.07 Å². The van der Waals surface area contributed by atoms with Crippen molar-refractivity contribution in [3.63, 3.8) is 0 Å². The molecule has 2 unspecified atom stereocenters. The van der Waals surface area contributed by atoms with E-state index in [2.05, 4.69) is 5.32 Å². The molecule has 0 fully saturated rings. The van der Waals surface area contributed by atoms with Gasteiger partial charge in [0, 0.05) is 12.6 Å². The first-order chi connectivity index (χ1) is 10.6. The molecule has 0 amide bonds. The number of carboxylic acid groups (broad SMARTS) is 1. The molecule has 0 saturated heterocycles. The van der Waals surface area contributed by atoms with Gasteiger partial charge in [0.2, 0.25) is 0 Å². The third-order valence-corrected chi connectivity index (χ3v) is 3.61. The quantitative estimate of drug-likeness (QED) is 0.758. The Morgan fingerprint density at radius 1 is 1.26 bits per heavy atom. The molecule has 0 aliphatic rings. The number of benzene rings is 1. The zero-order valence-corrected chi connectivity index (χ0v) is 13.7. The molecule has 1 aromatic rings. The van der Waals surface area contributed by atoms with Gasteiger partial charge in [-0.25, -0.2) is 0 Å². The molecule has 130 valence electrons. The lowest BCUT2D eigenvalue weighted by Gasteiger charge is -2.19. The second-order valence-electron chi connectivity index (χ2n) is 6.38. The molecule has 3 nitrogen and oxygen atoms in total. The molecule has 0 bridgehead atoms. The highest BCUT2D eigenvalue weighted by Gasteiger charge is 2.30. The molecule has 6 heteroatoms. The van der Waals surface area contributed by atoms with Crippen LogP contribution in [-0.4, -0.2) is 23.7 Å². The Kier molecular flexibility index (Phi) is 7.06. The van der Waals surface area contributed by atoms with E-state index in [-0.39, 0.29) is 12.0 Å². The predicted octanol–water partition coefficient (Wildman–Crippen LogP) is 3.97. The first-order valence-corrected chi connectivity index (χ1v) is 7.72. The Morgan fingerprint density at radius 3 is 2.43 bits per heavy atom. The zero-order valence-electron chi connectivity index (χ0n) is 13.7. The van der Waals surface area contributed by atoms with E-state index >= 15 is 0 Å². The maximum atomic E-state index is 12.7. The van der Waals surface area contributed by atoms with Crippen LogP contribution in [0.4, 0.5) is 13.2 Å². The molecule has 0 saturated carbocycles. The topological polar surface area (TPSA) is 49.3 Å². The number of carboxylic acids is 1. The fourth-order valence-electron chi connectivity index (χ4n) is 2.48. The van der Waals surface area contributed by atoms with Crippen molar-refractivity contribution in [2.24, 2.45) is 11.8 Å². The lowest BCUT2D eigenvalue weighted by molar-refractivity contribution is -0.142. The summed E-state index contributed by atoms with van der Waals surface area (Å²) in [5.74, 6) is -1.06. The largest absolute Gasteiger partial charge is 0.481 e. The normalized spacial score (nSPS) is 14.7. The number of aliphatic carboxylic acids is 1. The molecular formula is C17H24F3NO2. The summed E-state index contributed by atoms with van der Waals surface area (Å²) in [4.78, 5) is 11.2. The highest BCUT2D eigenvalue weighted by Crippen LogP contribution is 2.29. The number of alkyl halides is 3. The minimum absolute atomic E-state index is 0.104. The lowest BCUT2D eigenvalue weighted by atomic mass is 9.96. The standard InChI is InChI=1S/C17H24F3NO2/c1-11(2)7-14(16(22)23)10-21-12(3)8-13-5-4-6-15(9-13)17(18,19)20/h4-6,9,11-12,14,21H,7-8,10H2,1-3H3,(H,22,23). The van der Waals surface area contributed by atoms with Crippen LogP contribution in [0, 0.1) is 11.8 Å². The van der Waals surface area contributed by atoms with Gasteiger partial charge in [0.15, 0.2) is 0 Å². The van der Waals surface area contributed by atoms with Gasteiger partial charge in [0.25, 0.3) is 0 Å². The van der Waals surface area contributed by atoms with Gasteiger partial charge in [-0.3, -0.25) is 4.79 Å². The van der Waals surface area contributed by atoms with Crippen LogP contribution in [0.3, 0.4) is 0 Å². The number of rotatable bonds is 8. The molecule has 0 aliphatic carbocycles. The van der Waals surface area contributed by atoms with Gasteiger partial charge >= 0.3 is 12.1 Å². The van der Waals surface area contributed by atoms with Crippen molar-refractivity contribution in [3.8, 4) is 0 Å². The fourth-order valence-corrected chi connectivity index (χ4v) is 2.48. The SMILES string of the molecule is CC(C)CC(CNC(C)Cc1cccc(C(F)(F)F)c1)C(=O)O. The van der Waals surface area contributed by atoms with Crippen molar-refractivity contribution in [2.45, 2.75) is 45.8 Å². The zero-order chi connectivity index (χ0) is 17.6. The van der Waals surface area contributed by atoms with Crippen molar-refractivity contribution in [1.29, 1.82) is 0 Å². The maximum absolute atomic E-state index is 12.7. The molecule has 1 aromatic carbocycles. The number of hydrogen-bond donors (Lipinski definition) is 2. The van der Waals surface area contributed by atoms with Crippen molar-refractivity contribution < 1.29 is 23.1 Å². The van der Waals surface area contributed by atoms with E-state index in [1.807, 2.05) is 20.8 Å². The molecule has 2 atom stereocenters.